The van der Waals surface area contributed by atoms with Crippen LogP contribution in [0.2, 0.25) is 0 Å². The fourth-order valence-corrected chi connectivity index (χ4v) is 3.35. The van der Waals surface area contributed by atoms with E-state index >= 15 is 0 Å². The molecule has 0 aromatic heterocycles. The number of aromatic hydroxyl groups is 1. The molecule has 1 heterocycles. The maximum atomic E-state index is 12.7. The van der Waals surface area contributed by atoms with E-state index in [1.54, 1.807) is 12.1 Å². The van der Waals surface area contributed by atoms with Crippen molar-refractivity contribution < 1.29 is 14.7 Å². The number of hydrogen-bond acceptors (Lipinski definition) is 4. The number of hydrogen-bond donors (Lipinski definition) is 1. The lowest BCUT2D eigenvalue weighted by Crippen LogP contribution is -2.51. The van der Waals surface area contributed by atoms with Gasteiger partial charge in [0.15, 0.2) is 0 Å². The summed E-state index contributed by atoms with van der Waals surface area (Å²) in [5, 5.41) is 9.36. The van der Waals surface area contributed by atoms with E-state index in [4.69, 9.17) is 0 Å². The Labute approximate surface area is 136 Å². The Morgan fingerprint density at radius 1 is 1.04 bits per heavy atom. The number of amides is 1. The van der Waals surface area contributed by atoms with Crippen molar-refractivity contribution in [3.05, 3.63) is 36.4 Å². The highest BCUT2D eigenvalue weighted by Gasteiger charge is 2.33. The van der Waals surface area contributed by atoms with Crippen molar-refractivity contribution in [1.82, 2.24) is 4.90 Å². The van der Waals surface area contributed by atoms with Gasteiger partial charge in [0.2, 0.25) is 5.91 Å². The van der Waals surface area contributed by atoms with E-state index in [-0.39, 0.29) is 23.5 Å². The smallest absolute Gasteiger partial charge is 0.226 e. The summed E-state index contributed by atoms with van der Waals surface area (Å²) in [7, 11) is 0. The van der Waals surface area contributed by atoms with E-state index in [1.165, 1.54) is 0 Å². The zero-order valence-corrected chi connectivity index (χ0v) is 13.1. The van der Waals surface area contributed by atoms with Crippen LogP contribution in [0.1, 0.15) is 12.8 Å². The molecule has 1 aliphatic heterocycles. The third-order valence-corrected chi connectivity index (χ3v) is 4.78. The van der Waals surface area contributed by atoms with Crippen LogP contribution >= 0.6 is 0 Å². The Morgan fingerprint density at radius 3 is 2.35 bits per heavy atom. The van der Waals surface area contributed by atoms with Gasteiger partial charge in [-0.2, -0.15) is 0 Å². The first kappa shape index (κ1) is 15.6. The molecule has 0 bridgehead atoms. The quantitative estimate of drug-likeness (QED) is 0.683. The van der Waals surface area contributed by atoms with E-state index in [0.717, 1.165) is 25.1 Å². The highest BCUT2D eigenvalue weighted by atomic mass is 16.3. The molecular weight excluding hydrogens is 292 g/mol. The van der Waals surface area contributed by atoms with Crippen molar-refractivity contribution in [3.63, 3.8) is 0 Å². The number of piperazine rings is 1. The van der Waals surface area contributed by atoms with Gasteiger partial charge in [-0.1, -0.05) is 12.2 Å². The molecule has 1 aromatic carbocycles. The number of phenols is 1. The average Bonchev–Trinajstić information content (AvgIpc) is 2.62. The molecule has 2 aliphatic rings. The van der Waals surface area contributed by atoms with E-state index in [9.17, 15) is 14.7 Å². The fourth-order valence-electron chi connectivity index (χ4n) is 3.35. The van der Waals surface area contributed by atoms with Crippen LogP contribution in [0.4, 0.5) is 5.69 Å². The molecule has 0 radical (unpaired) electrons. The van der Waals surface area contributed by atoms with Crippen molar-refractivity contribution in [2.75, 3.05) is 31.1 Å². The Bertz CT molecular complexity index is 589. The number of phenolic OH excluding ortho intramolecular Hbond substituents is 1. The minimum atomic E-state index is -0.197. The van der Waals surface area contributed by atoms with Crippen LogP contribution in [-0.2, 0) is 9.59 Å². The third kappa shape index (κ3) is 3.38. The average molecular weight is 314 g/mol. The Balaban J connectivity index is 1.60. The first-order valence-electron chi connectivity index (χ1n) is 8.12. The summed E-state index contributed by atoms with van der Waals surface area (Å²) < 4.78 is 0. The van der Waals surface area contributed by atoms with Gasteiger partial charge in [0.1, 0.15) is 12.0 Å². The standard InChI is InChI=1S/C18H22N2O3/c21-13-14-3-1-2-4-17(14)18(23)20-11-9-19(10-12-20)15-5-7-16(22)8-6-15/h1-2,5-8,13-14,17,22H,3-4,9-12H2. The minimum Gasteiger partial charge on any atom is -0.508 e. The number of nitrogens with zero attached hydrogens (tertiary/aromatic N) is 2. The summed E-state index contributed by atoms with van der Waals surface area (Å²) in [5.74, 6) is -0.00928. The summed E-state index contributed by atoms with van der Waals surface area (Å²) in [6.45, 7) is 2.88. The molecule has 2 atom stereocenters. The molecule has 1 N–H and O–H groups in total. The van der Waals surface area contributed by atoms with Crippen LogP contribution in [0.15, 0.2) is 36.4 Å². The molecule has 5 heteroatoms. The van der Waals surface area contributed by atoms with Crippen LogP contribution < -0.4 is 4.90 Å². The van der Waals surface area contributed by atoms with Crippen molar-refractivity contribution in [1.29, 1.82) is 0 Å². The summed E-state index contributed by atoms with van der Waals surface area (Å²) in [5.41, 5.74) is 1.06. The summed E-state index contributed by atoms with van der Waals surface area (Å²) in [6.07, 6.45) is 6.27. The van der Waals surface area contributed by atoms with Gasteiger partial charge in [0.25, 0.3) is 0 Å². The Kier molecular flexibility index (Phi) is 4.65. The van der Waals surface area contributed by atoms with Gasteiger partial charge in [0, 0.05) is 37.8 Å². The molecule has 23 heavy (non-hydrogen) atoms. The number of aldehydes is 1. The zero-order valence-electron chi connectivity index (χ0n) is 13.1. The number of anilines is 1. The molecule has 1 saturated heterocycles. The highest BCUT2D eigenvalue weighted by Crippen LogP contribution is 2.27. The van der Waals surface area contributed by atoms with Crippen molar-refractivity contribution in [3.8, 4) is 5.75 Å². The van der Waals surface area contributed by atoms with Crippen molar-refractivity contribution in [2.24, 2.45) is 11.8 Å². The molecule has 1 aromatic rings. The van der Waals surface area contributed by atoms with Gasteiger partial charge in [-0.25, -0.2) is 0 Å². The van der Waals surface area contributed by atoms with Gasteiger partial charge in [-0.3, -0.25) is 4.79 Å². The van der Waals surface area contributed by atoms with Crippen LogP contribution in [0.25, 0.3) is 0 Å². The van der Waals surface area contributed by atoms with Crippen LogP contribution in [-0.4, -0.2) is 48.4 Å². The number of rotatable bonds is 3. The van der Waals surface area contributed by atoms with Crippen LogP contribution in [0, 0.1) is 11.8 Å². The third-order valence-electron chi connectivity index (χ3n) is 4.78. The maximum absolute atomic E-state index is 12.7. The predicted molar refractivity (Wildman–Crippen MR) is 88.3 cm³/mol. The predicted octanol–water partition coefficient (Wildman–Crippen LogP) is 1.82. The molecule has 1 aliphatic carbocycles. The number of allylic oxidation sites excluding steroid dienone is 2. The van der Waals surface area contributed by atoms with Gasteiger partial charge in [-0.15, -0.1) is 0 Å². The van der Waals surface area contributed by atoms with Crippen LogP contribution in [0.5, 0.6) is 5.75 Å². The molecule has 5 nitrogen and oxygen atoms in total. The monoisotopic (exact) mass is 314 g/mol. The van der Waals surface area contributed by atoms with Crippen LogP contribution in [0.3, 0.4) is 0 Å². The van der Waals surface area contributed by atoms with E-state index in [1.807, 2.05) is 29.2 Å². The fraction of sp³-hybridized carbons (Fsp3) is 0.444. The van der Waals surface area contributed by atoms with Crippen molar-refractivity contribution >= 4 is 17.9 Å². The topological polar surface area (TPSA) is 60.9 Å². The second-order valence-corrected chi connectivity index (χ2v) is 6.18. The normalized spacial score (nSPS) is 24.5. The number of carbonyl (C=O) groups excluding carboxylic acids is 2. The largest absolute Gasteiger partial charge is 0.508 e. The Hall–Kier alpha value is -2.30. The molecule has 122 valence electrons. The van der Waals surface area contributed by atoms with E-state index < -0.39 is 0 Å². The first-order chi connectivity index (χ1) is 11.2. The number of benzene rings is 1. The zero-order chi connectivity index (χ0) is 16.2. The summed E-state index contributed by atoms with van der Waals surface area (Å²) >= 11 is 0. The Morgan fingerprint density at radius 2 is 1.70 bits per heavy atom. The highest BCUT2D eigenvalue weighted by molar-refractivity contribution is 5.82. The van der Waals surface area contributed by atoms with E-state index in [0.29, 0.717) is 25.9 Å². The minimum absolute atomic E-state index is 0.108. The molecule has 3 rings (SSSR count). The maximum Gasteiger partial charge on any atom is 0.226 e. The molecular formula is C18H22N2O3. The second-order valence-electron chi connectivity index (χ2n) is 6.18. The molecule has 1 fully saturated rings. The molecule has 2 unspecified atom stereocenters. The van der Waals surface area contributed by atoms with Gasteiger partial charge < -0.3 is 19.7 Å². The van der Waals surface area contributed by atoms with Crippen molar-refractivity contribution in [2.45, 2.75) is 12.8 Å². The SMILES string of the molecule is O=CC1CC=CCC1C(=O)N1CCN(c2ccc(O)cc2)CC1. The van der Waals surface area contributed by atoms with Gasteiger partial charge in [-0.05, 0) is 37.1 Å². The summed E-state index contributed by atoms with van der Waals surface area (Å²) in [4.78, 5) is 28.0. The second kappa shape index (κ2) is 6.86. The summed E-state index contributed by atoms with van der Waals surface area (Å²) in [6, 6.07) is 7.13. The number of carbonyl (C=O) groups is 2. The molecule has 0 spiro atoms. The molecule has 1 amide bonds. The molecule has 0 saturated carbocycles. The van der Waals surface area contributed by atoms with E-state index in [2.05, 4.69) is 4.90 Å². The van der Waals surface area contributed by atoms with Gasteiger partial charge >= 0.3 is 0 Å². The lowest BCUT2D eigenvalue weighted by atomic mass is 9.83. The van der Waals surface area contributed by atoms with Gasteiger partial charge in [0.05, 0.1) is 5.92 Å². The lowest BCUT2D eigenvalue weighted by Gasteiger charge is -2.38. The lowest BCUT2D eigenvalue weighted by molar-refractivity contribution is -0.139. The first-order valence-corrected chi connectivity index (χ1v) is 8.12.